The topological polar surface area (TPSA) is 93.5 Å². The molecule has 4 N–H and O–H groups in total. The monoisotopic (exact) mass is 421 g/mol. The molecule has 1 heterocycles. The Hall–Kier alpha value is -1.63. The zero-order valence-electron chi connectivity index (χ0n) is 16.8. The van der Waals surface area contributed by atoms with Gasteiger partial charge in [-0.2, -0.15) is 0 Å². The van der Waals surface area contributed by atoms with Crippen molar-refractivity contribution in [1.82, 2.24) is 5.32 Å². The lowest BCUT2D eigenvalue weighted by Gasteiger charge is -2.43. The van der Waals surface area contributed by atoms with E-state index >= 15 is 0 Å². The quantitative estimate of drug-likeness (QED) is 0.681. The molecule has 7 heteroatoms. The molecule has 4 rings (SSSR count). The highest BCUT2D eigenvalue weighted by atomic mass is 35.5. The van der Waals surface area contributed by atoms with Gasteiger partial charge in [0.1, 0.15) is 6.10 Å². The zero-order chi connectivity index (χ0) is 19.5. The van der Waals surface area contributed by atoms with Gasteiger partial charge in [-0.3, -0.25) is 9.59 Å². The molecule has 2 saturated carbocycles. The van der Waals surface area contributed by atoms with E-state index in [2.05, 4.69) is 10.6 Å². The molecule has 0 aromatic heterocycles. The average molecular weight is 422 g/mol. The number of carbonyl (C=O) groups is 2. The second-order valence-electron chi connectivity index (χ2n) is 8.61. The number of fused-ring (bicyclic) bond motifs is 2. The molecule has 2 bridgehead atoms. The fourth-order valence-electron chi connectivity index (χ4n) is 5.10. The van der Waals surface area contributed by atoms with Gasteiger partial charge in [-0.05, 0) is 68.1 Å². The molecule has 3 aliphatic rings. The highest BCUT2D eigenvalue weighted by Gasteiger charge is 2.40. The van der Waals surface area contributed by atoms with E-state index in [0.29, 0.717) is 25.0 Å². The van der Waals surface area contributed by atoms with Crippen molar-refractivity contribution in [3.05, 3.63) is 29.8 Å². The van der Waals surface area contributed by atoms with Crippen LogP contribution in [0.3, 0.4) is 0 Å². The molecule has 6 nitrogen and oxygen atoms in total. The van der Waals surface area contributed by atoms with Gasteiger partial charge >= 0.3 is 0 Å². The first-order valence-electron chi connectivity index (χ1n) is 10.6. The third-order valence-electron chi connectivity index (χ3n) is 6.67. The second-order valence-corrected chi connectivity index (χ2v) is 8.61. The third kappa shape index (κ3) is 5.30. The van der Waals surface area contributed by atoms with Crippen LogP contribution in [0.1, 0.15) is 50.5 Å². The van der Waals surface area contributed by atoms with Crippen molar-refractivity contribution < 1.29 is 14.3 Å². The molecule has 3 unspecified atom stereocenters. The summed E-state index contributed by atoms with van der Waals surface area (Å²) in [7, 11) is 0. The van der Waals surface area contributed by atoms with Crippen LogP contribution in [0, 0.1) is 17.8 Å². The minimum atomic E-state index is -0.347. The number of nitrogens with two attached hydrogens (primary N) is 1. The van der Waals surface area contributed by atoms with E-state index in [1.165, 1.54) is 6.42 Å². The Balaban J connectivity index is 0.00000240. The predicted molar refractivity (Wildman–Crippen MR) is 115 cm³/mol. The molecule has 3 fully saturated rings. The van der Waals surface area contributed by atoms with Gasteiger partial charge in [0.05, 0.1) is 0 Å². The standard InChI is InChI=1S/C22H31N3O3.ClH/c23-20-15-5-2-6-16(20)12-17(11-15)21(26)24-13-14-4-1-7-18(10-14)25-22(27)19-8-3-9-28-19;/h1,4,7,10,15-17,19-20H,2-3,5-6,8-9,11-13,23H2,(H,24,26)(H,25,27);1H. The van der Waals surface area contributed by atoms with Gasteiger partial charge in [0.15, 0.2) is 0 Å². The maximum Gasteiger partial charge on any atom is 0.253 e. The lowest BCUT2D eigenvalue weighted by atomic mass is 9.65. The number of anilines is 1. The SMILES string of the molecule is Cl.NC1C2CCCC1CC(C(=O)NCc1cccc(NC(=O)C3CCCO3)c1)C2. The largest absolute Gasteiger partial charge is 0.368 e. The van der Waals surface area contributed by atoms with Crippen LogP contribution in [0.25, 0.3) is 0 Å². The lowest BCUT2D eigenvalue weighted by Crippen LogP contribution is -2.49. The van der Waals surface area contributed by atoms with Gasteiger partial charge in [0.2, 0.25) is 5.91 Å². The molecule has 0 radical (unpaired) electrons. The number of ether oxygens (including phenoxy) is 1. The van der Waals surface area contributed by atoms with Crippen LogP contribution in [-0.2, 0) is 20.9 Å². The van der Waals surface area contributed by atoms with Crippen LogP contribution >= 0.6 is 12.4 Å². The maximum absolute atomic E-state index is 12.7. The van der Waals surface area contributed by atoms with Crippen molar-refractivity contribution in [3.63, 3.8) is 0 Å². The molecular formula is C22H32ClN3O3. The molecule has 3 atom stereocenters. The predicted octanol–water partition coefficient (Wildman–Crippen LogP) is 3.00. The summed E-state index contributed by atoms with van der Waals surface area (Å²) in [6.45, 7) is 1.12. The molecule has 1 aromatic rings. The van der Waals surface area contributed by atoms with Crippen molar-refractivity contribution in [2.24, 2.45) is 23.5 Å². The number of hydrogen-bond donors (Lipinski definition) is 3. The Kier molecular flexibility index (Phi) is 7.55. The van der Waals surface area contributed by atoms with Gasteiger partial charge in [-0.1, -0.05) is 18.6 Å². The summed E-state index contributed by atoms with van der Waals surface area (Å²) >= 11 is 0. The summed E-state index contributed by atoms with van der Waals surface area (Å²) in [6.07, 6.45) is 6.76. The minimum Gasteiger partial charge on any atom is -0.368 e. The number of nitrogens with one attached hydrogen (secondary N) is 2. The first-order valence-corrected chi connectivity index (χ1v) is 10.6. The summed E-state index contributed by atoms with van der Waals surface area (Å²) in [6, 6.07) is 7.92. The Labute approximate surface area is 178 Å². The first-order chi connectivity index (χ1) is 13.6. The van der Waals surface area contributed by atoms with Crippen molar-refractivity contribution >= 4 is 29.9 Å². The number of hydrogen-bond acceptors (Lipinski definition) is 4. The summed E-state index contributed by atoms with van der Waals surface area (Å²) in [5.41, 5.74) is 8.06. The van der Waals surface area contributed by atoms with Crippen molar-refractivity contribution in [2.45, 2.75) is 63.6 Å². The number of benzene rings is 1. The second kappa shape index (κ2) is 9.92. The fourth-order valence-corrected chi connectivity index (χ4v) is 5.10. The van der Waals surface area contributed by atoms with Crippen LogP contribution in [0.2, 0.25) is 0 Å². The first kappa shape index (κ1) is 22.1. The van der Waals surface area contributed by atoms with E-state index in [9.17, 15) is 9.59 Å². The smallest absolute Gasteiger partial charge is 0.253 e. The fraction of sp³-hybridized carbons (Fsp3) is 0.636. The molecule has 2 aliphatic carbocycles. The summed E-state index contributed by atoms with van der Waals surface area (Å²) in [4.78, 5) is 24.9. The third-order valence-corrected chi connectivity index (χ3v) is 6.67. The van der Waals surface area contributed by atoms with E-state index in [4.69, 9.17) is 10.5 Å². The van der Waals surface area contributed by atoms with E-state index in [-0.39, 0.29) is 42.3 Å². The van der Waals surface area contributed by atoms with Crippen LogP contribution in [-0.4, -0.2) is 30.6 Å². The van der Waals surface area contributed by atoms with Crippen LogP contribution in [0.15, 0.2) is 24.3 Å². The van der Waals surface area contributed by atoms with Gasteiger partial charge in [0.25, 0.3) is 5.91 Å². The van der Waals surface area contributed by atoms with Crippen LogP contribution < -0.4 is 16.4 Å². The maximum atomic E-state index is 12.7. The van der Waals surface area contributed by atoms with Crippen molar-refractivity contribution in [2.75, 3.05) is 11.9 Å². The number of rotatable bonds is 5. The zero-order valence-corrected chi connectivity index (χ0v) is 17.6. The molecule has 29 heavy (non-hydrogen) atoms. The van der Waals surface area contributed by atoms with Crippen LogP contribution in [0.5, 0.6) is 0 Å². The molecule has 1 aromatic carbocycles. The Morgan fingerprint density at radius 2 is 1.83 bits per heavy atom. The van der Waals surface area contributed by atoms with Gasteiger partial charge in [0, 0.05) is 30.8 Å². The normalized spacial score (nSPS) is 30.9. The highest BCUT2D eigenvalue weighted by Crippen LogP contribution is 2.41. The van der Waals surface area contributed by atoms with Crippen LogP contribution in [0.4, 0.5) is 5.69 Å². The number of carbonyl (C=O) groups excluding carboxylic acids is 2. The molecule has 2 amide bonds. The Morgan fingerprint density at radius 3 is 2.52 bits per heavy atom. The van der Waals surface area contributed by atoms with E-state index in [1.54, 1.807) is 0 Å². The molecule has 0 spiro atoms. The molecule has 1 aliphatic heterocycles. The Morgan fingerprint density at radius 1 is 1.07 bits per heavy atom. The molecular weight excluding hydrogens is 390 g/mol. The van der Waals surface area contributed by atoms with Crippen molar-refractivity contribution in [3.8, 4) is 0 Å². The van der Waals surface area contributed by atoms with Crippen molar-refractivity contribution in [1.29, 1.82) is 0 Å². The highest BCUT2D eigenvalue weighted by molar-refractivity contribution is 5.94. The summed E-state index contributed by atoms with van der Waals surface area (Å²) in [5.74, 6) is 1.12. The average Bonchev–Trinajstić information content (AvgIpc) is 3.21. The number of halogens is 1. The van der Waals surface area contributed by atoms with Gasteiger partial charge in [-0.15, -0.1) is 12.4 Å². The summed E-state index contributed by atoms with van der Waals surface area (Å²) in [5, 5.41) is 6.01. The van der Waals surface area contributed by atoms with E-state index in [1.807, 2.05) is 24.3 Å². The van der Waals surface area contributed by atoms with Gasteiger partial charge < -0.3 is 21.1 Å². The molecule has 160 valence electrons. The summed E-state index contributed by atoms with van der Waals surface area (Å²) < 4.78 is 5.42. The molecule has 1 saturated heterocycles. The van der Waals surface area contributed by atoms with Gasteiger partial charge in [-0.25, -0.2) is 0 Å². The van der Waals surface area contributed by atoms with E-state index < -0.39 is 0 Å². The number of amides is 2. The lowest BCUT2D eigenvalue weighted by molar-refractivity contribution is -0.128. The minimum absolute atomic E-state index is 0. The van der Waals surface area contributed by atoms with E-state index in [0.717, 1.165) is 49.8 Å². The Bertz CT molecular complexity index is 709.